The first-order valence-electron chi connectivity index (χ1n) is 8.96. The van der Waals surface area contributed by atoms with Crippen molar-refractivity contribution in [1.82, 2.24) is 10.2 Å². The molecule has 0 aromatic heterocycles. The average molecular weight is 284 g/mol. The molecule has 7 heteroatoms. The smallest absolute Gasteiger partial charge is 0.255 e. The van der Waals surface area contributed by atoms with E-state index < -0.39 is 72.2 Å². The Bertz CT molecular complexity index is 938. The van der Waals surface area contributed by atoms with Gasteiger partial charge in [-0.1, -0.05) is 0 Å². The zero-order valence-corrected chi connectivity index (χ0v) is 9.83. The van der Waals surface area contributed by atoms with E-state index in [9.17, 15) is 18.8 Å². The van der Waals surface area contributed by atoms with Gasteiger partial charge in [-0.2, -0.15) is 0 Å². The Kier molecular flexibility index (Phi) is 1.47. The van der Waals surface area contributed by atoms with Crippen molar-refractivity contribution in [2.45, 2.75) is 25.3 Å². The van der Waals surface area contributed by atoms with Crippen LogP contribution < -0.4 is 11.1 Å². The van der Waals surface area contributed by atoms with E-state index in [0.717, 1.165) is 0 Å². The van der Waals surface area contributed by atoms with Crippen molar-refractivity contribution < 1.29 is 28.4 Å². The molecule has 0 bridgehead atoms. The lowest BCUT2D eigenvalue weighted by atomic mass is 10.0. The van der Waals surface area contributed by atoms with Crippen LogP contribution in [0, 0.1) is 5.82 Å². The number of imide groups is 1. The van der Waals surface area contributed by atoms with Gasteiger partial charge in [-0.05, 0) is 18.5 Å². The van der Waals surface area contributed by atoms with Crippen LogP contribution in [0.15, 0.2) is 12.1 Å². The zero-order chi connectivity index (χ0) is 20.7. The highest BCUT2D eigenvalue weighted by atomic mass is 19.1. The maximum Gasteiger partial charge on any atom is 0.255 e. The second-order valence-corrected chi connectivity index (χ2v) is 4.10. The van der Waals surface area contributed by atoms with Crippen molar-refractivity contribution in [1.29, 1.82) is 0 Å². The minimum absolute atomic E-state index is 0.246. The largest absolute Gasteiger partial charge is 0.398 e. The van der Waals surface area contributed by atoms with E-state index >= 15 is 0 Å². The summed E-state index contributed by atoms with van der Waals surface area (Å²) in [6.07, 6.45) is -6.84. The molecule has 3 amide bonds. The molecule has 3 rings (SSSR count). The van der Waals surface area contributed by atoms with Crippen molar-refractivity contribution in [3.05, 3.63) is 29.0 Å². The van der Waals surface area contributed by atoms with E-state index in [2.05, 4.69) is 0 Å². The number of carbonyl (C=O) groups excluding carboxylic acids is 3. The molecule has 0 saturated carbocycles. The number of benzene rings is 1. The van der Waals surface area contributed by atoms with Crippen LogP contribution in [0.5, 0.6) is 0 Å². The van der Waals surface area contributed by atoms with E-state index in [0.29, 0.717) is 0 Å². The molecule has 6 nitrogen and oxygen atoms in total. The van der Waals surface area contributed by atoms with Crippen LogP contribution in [0.3, 0.4) is 0 Å². The lowest BCUT2D eigenvalue weighted by molar-refractivity contribution is -0.136. The third-order valence-electron chi connectivity index (χ3n) is 2.89. The van der Waals surface area contributed by atoms with Gasteiger partial charge >= 0.3 is 0 Å². The minimum Gasteiger partial charge on any atom is -0.398 e. The summed E-state index contributed by atoms with van der Waals surface area (Å²) in [4.78, 5) is 37.0. The van der Waals surface area contributed by atoms with Gasteiger partial charge in [0.05, 0.1) is 4.11 Å². The molecule has 1 saturated heterocycles. The van der Waals surface area contributed by atoms with Crippen LogP contribution in [0.2, 0.25) is 0 Å². The number of nitrogens with two attached hydrogens (primary N) is 1. The van der Waals surface area contributed by atoms with Gasteiger partial charge in [0, 0.05) is 35.2 Å². The Hall–Kier alpha value is -2.44. The Labute approximate surface area is 123 Å². The highest BCUT2D eigenvalue weighted by molar-refractivity contribution is 6.06. The number of hydrogen-bond donors (Lipinski definition) is 2. The molecule has 1 aromatic rings. The molecule has 104 valence electrons. The van der Waals surface area contributed by atoms with Gasteiger partial charge in [-0.3, -0.25) is 19.7 Å². The lowest BCUT2D eigenvalue weighted by Gasteiger charge is -2.29. The highest BCUT2D eigenvalue weighted by Gasteiger charge is 2.39. The monoisotopic (exact) mass is 284 g/mol. The molecule has 0 radical (unpaired) electrons. The number of anilines is 1. The predicted octanol–water partition coefficient (Wildman–Crippen LogP) is 0.169. The number of piperidine rings is 1. The number of amides is 3. The fourth-order valence-electron chi connectivity index (χ4n) is 1.99. The van der Waals surface area contributed by atoms with Crippen LogP contribution in [0.1, 0.15) is 38.3 Å². The van der Waals surface area contributed by atoms with E-state index in [1.54, 1.807) is 0 Å². The molecule has 1 fully saturated rings. The Morgan fingerprint density at radius 1 is 1.50 bits per heavy atom. The number of nitrogens with one attached hydrogen (secondary N) is 1. The summed E-state index contributed by atoms with van der Waals surface area (Å²) in [5.41, 5.74) is 4.19. The molecular weight excluding hydrogens is 265 g/mol. The highest BCUT2D eigenvalue weighted by Crippen LogP contribution is 2.31. The summed E-state index contributed by atoms with van der Waals surface area (Å²) in [6, 6.07) is -5.12. The van der Waals surface area contributed by atoms with Crippen LogP contribution in [0.25, 0.3) is 0 Å². The number of halogens is 1. The first-order valence-corrected chi connectivity index (χ1v) is 5.46. The summed E-state index contributed by atoms with van der Waals surface area (Å²) in [7, 11) is 0. The van der Waals surface area contributed by atoms with E-state index in [1.807, 2.05) is 0 Å². The Balaban J connectivity index is 2.22. The predicted molar refractivity (Wildman–Crippen MR) is 66.9 cm³/mol. The SMILES string of the molecule is [2H]c1c(N)c2c(c([2H])c1F)C(=O)N([C@@]1([2H])C(=O)NC(=O)C([2H])([2H])C1([2H])[2H])C2. The quantitative estimate of drug-likeness (QED) is 0.568. The van der Waals surface area contributed by atoms with Gasteiger partial charge in [0.1, 0.15) is 11.8 Å². The molecule has 0 aliphatic carbocycles. The summed E-state index contributed by atoms with van der Waals surface area (Å²) >= 11 is 0. The second kappa shape index (κ2) is 4.29. The number of hydrogen-bond acceptors (Lipinski definition) is 4. The maximum atomic E-state index is 14.0. The molecule has 1 atom stereocenters. The van der Waals surface area contributed by atoms with Gasteiger partial charge in [-0.25, -0.2) is 4.39 Å². The van der Waals surface area contributed by atoms with E-state index in [1.165, 1.54) is 5.32 Å². The van der Waals surface area contributed by atoms with Crippen molar-refractivity contribution in [2.24, 2.45) is 0 Å². The number of carbonyl (C=O) groups is 3. The minimum atomic E-state index is -3.49. The van der Waals surface area contributed by atoms with Crippen LogP contribution in [0.4, 0.5) is 10.1 Å². The van der Waals surface area contributed by atoms with Gasteiger partial charge < -0.3 is 10.6 Å². The maximum absolute atomic E-state index is 14.0. The first kappa shape index (κ1) is 6.83. The summed E-state index contributed by atoms with van der Waals surface area (Å²) in [5.74, 6) is -5.91. The van der Waals surface area contributed by atoms with E-state index in [4.69, 9.17) is 15.3 Å². The number of rotatable bonds is 1. The number of nitrogens with zero attached hydrogens (tertiary/aromatic N) is 1. The van der Waals surface area contributed by atoms with Crippen molar-refractivity contribution in [3.63, 3.8) is 0 Å². The Morgan fingerprint density at radius 2 is 2.25 bits per heavy atom. The van der Waals surface area contributed by atoms with Crippen molar-refractivity contribution in [2.75, 3.05) is 5.73 Å². The van der Waals surface area contributed by atoms with Crippen molar-refractivity contribution in [3.8, 4) is 0 Å². The van der Waals surface area contributed by atoms with Gasteiger partial charge in [-0.15, -0.1) is 0 Å². The van der Waals surface area contributed by atoms with Gasteiger partial charge in [0.2, 0.25) is 11.8 Å². The average Bonchev–Trinajstić information content (AvgIpc) is 2.93. The molecular formula is C13H12FN3O3. The molecule has 20 heavy (non-hydrogen) atoms. The fourth-order valence-corrected chi connectivity index (χ4v) is 1.99. The standard InChI is InChI=1S/C13H12FN3O3/c14-6-3-7-8(9(15)4-6)5-17(13(7)20)10-1-2-11(18)16-12(10)19/h3-4,10H,1-2,5,15H2,(H,16,18,19)/t10-/m1/s1/i1D2,2D2,3D,4D,10D. The zero-order valence-electron chi connectivity index (χ0n) is 16.8. The normalized spacial score (nSPS) is 35.8. The molecule has 1 aromatic carbocycles. The number of nitrogen functional groups attached to an aromatic ring is 1. The van der Waals surface area contributed by atoms with Gasteiger partial charge in [0.25, 0.3) is 5.91 Å². The van der Waals surface area contributed by atoms with Crippen LogP contribution in [-0.2, 0) is 16.1 Å². The summed E-state index contributed by atoms with van der Waals surface area (Å²) in [5, 5.41) is 1.53. The topological polar surface area (TPSA) is 92.5 Å². The molecule has 2 aliphatic rings. The second-order valence-electron chi connectivity index (χ2n) is 4.10. The molecule has 3 N–H and O–H groups in total. The van der Waals surface area contributed by atoms with Crippen LogP contribution >= 0.6 is 0 Å². The third kappa shape index (κ3) is 1.82. The van der Waals surface area contributed by atoms with E-state index in [-0.39, 0.29) is 10.5 Å². The molecule has 2 aliphatic heterocycles. The van der Waals surface area contributed by atoms with Crippen LogP contribution in [-0.4, -0.2) is 28.6 Å². The third-order valence-corrected chi connectivity index (χ3v) is 2.89. The Morgan fingerprint density at radius 3 is 3.00 bits per heavy atom. The van der Waals surface area contributed by atoms with Gasteiger partial charge in [0.15, 0.2) is 0 Å². The lowest BCUT2D eigenvalue weighted by Crippen LogP contribution is -2.52. The number of fused-ring (bicyclic) bond motifs is 1. The van der Waals surface area contributed by atoms with Crippen molar-refractivity contribution >= 4 is 23.4 Å². The molecule has 2 heterocycles. The summed E-state index contributed by atoms with van der Waals surface area (Å²) < 4.78 is 68.6. The fraction of sp³-hybridized carbons (Fsp3) is 0.308. The molecule has 0 spiro atoms. The first-order chi connectivity index (χ1) is 12.2. The summed E-state index contributed by atoms with van der Waals surface area (Å²) in [6.45, 7) is -0.737. The molecule has 0 unspecified atom stereocenters.